The summed E-state index contributed by atoms with van der Waals surface area (Å²) < 4.78 is 0.345. The average molecular weight is 319 g/mol. The van der Waals surface area contributed by atoms with E-state index in [1.807, 2.05) is 0 Å². The van der Waals surface area contributed by atoms with E-state index in [1.54, 1.807) is 0 Å². The molecule has 1 saturated carbocycles. The highest BCUT2D eigenvalue weighted by Crippen LogP contribution is 2.40. The Balaban J connectivity index is 2.76. The van der Waals surface area contributed by atoms with Gasteiger partial charge in [0.05, 0.1) is 3.55 Å². The van der Waals surface area contributed by atoms with Crippen LogP contribution in [-0.4, -0.2) is 15.5 Å². The van der Waals surface area contributed by atoms with Crippen LogP contribution in [-0.2, 0) is 0 Å². The smallest absolute Gasteiger partial charge is 0.0914 e. The molecule has 0 N–H and O–H groups in total. The molecule has 1 nitrogen and oxygen atoms in total. The maximum absolute atomic E-state index is 2.65. The fourth-order valence-electron chi connectivity index (χ4n) is 2.23. The summed E-state index contributed by atoms with van der Waals surface area (Å²) in [6.07, 6.45) is 13.3. The molecule has 0 aromatic carbocycles. The lowest BCUT2D eigenvalue weighted by Gasteiger charge is -2.42. The first-order chi connectivity index (χ1) is 7.14. The summed E-state index contributed by atoms with van der Waals surface area (Å²) >= 11 is 2.65. The third-order valence-electron chi connectivity index (χ3n) is 3.24. The van der Waals surface area contributed by atoms with Gasteiger partial charge in [-0.15, -0.1) is 0 Å². The second-order valence-electron chi connectivity index (χ2n) is 4.25. The number of hydrogen-bond donors (Lipinski definition) is 0. The van der Waals surface area contributed by atoms with E-state index in [2.05, 4.69) is 66.6 Å². The van der Waals surface area contributed by atoms with Gasteiger partial charge < -0.3 is 4.90 Å². The minimum Gasteiger partial charge on any atom is -0.360 e. The van der Waals surface area contributed by atoms with Crippen molar-refractivity contribution >= 4 is 22.6 Å². The molecule has 0 atom stereocenters. The number of hydrogen-bond acceptors (Lipinski definition) is 1. The van der Waals surface area contributed by atoms with Gasteiger partial charge in [-0.2, -0.15) is 0 Å². The van der Waals surface area contributed by atoms with Gasteiger partial charge in [0.25, 0.3) is 0 Å². The van der Waals surface area contributed by atoms with E-state index in [-0.39, 0.29) is 0 Å². The van der Waals surface area contributed by atoms with Crippen molar-refractivity contribution in [1.82, 2.24) is 4.90 Å². The first kappa shape index (κ1) is 13.1. The number of allylic oxidation sites excluding steroid dienone is 3. The fourth-order valence-corrected chi connectivity index (χ4v) is 3.27. The summed E-state index contributed by atoms with van der Waals surface area (Å²) in [4.78, 5) is 2.45. The minimum absolute atomic E-state index is 0.345. The molecular weight excluding hydrogens is 297 g/mol. The Morgan fingerprint density at radius 3 is 2.27 bits per heavy atom. The fraction of sp³-hybridized carbons (Fsp3) is 0.692. The highest BCUT2D eigenvalue weighted by atomic mass is 127. The minimum atomic E-state index is 0.345. The summed E-state index contributed by atoms with van der Waals surface area (Å²) in [6, 6.07) is 0. The Hall–Kier alpha value is 0.0100. The van der Waals surface area contributed by atoms with E-state index < -0.39 is 0 Å². The van der Waals surface area contributed by atoms with E-state index in [0.717, 1.165) is 0 Å². The van der Waals surface area contributed by atoms with Crippen LogP contribution >= 0.6 is 22.6 Å². The molecular formula is C13H22IN. The van der Waals surface area contributed by atoms with Crippen LogP contribution in [0.15, 0.2) is 23.9 Å². The number of rotatable bonds is 3. The lowest BCUT2D eigenvalue weighted by molar-refractivity contribution is 0.224. The summed E-state index contributed by atoms with van der Waals surface area (Å²) in [6.45, 7) is 4.20. The van der Waals surface area contributed by atoms with Gasteiger partial charge >= 0.3 is 0 Å². The van der Waals surface area contributed by atoms with Crippen molar-refractivity contribution in [2.75, 3.05) is 7.05 Å². The van der Waals surface area contributed by atoms with Gasteiger partial charge in [0.1, 0.15) is 0 Å². The molecule has 0 aliphatic heterocycles. The van der Waals surface area contributed by atoms with Gasteiger partial charge in [-0.1, -0.05) is 54.0 Å². The molecule has 0 saturated heterocycles. The Morgan fingerprint density at radius 1 is 1.20 bits per heavy atom. The molecule has 86 valence electrons. The zero-order valence-corrected chi connectivity index (χ0v) is 12.3. The van der Waals surface area contributed by atoms with Crippen molar-refractivity contribution in [2.24, 2.45) is 0 Å². The van der Waals surface area contributed by atoms with Crippen LogP contribution in [0.5, 0.6) is 0 Å². The monoisotopic (exact) mass is 319 g/mol. The molecule has 0 aromatic rings. The van der Waals surface area contributed by atoms with Crippen LogP contribution in [0.25, 0.3) is 0 Å². The van der Waals surface area contributed by atoms with Crippen LogP contribution in [0, 0.1) is 0 Å². The van der Waals surface area contributed by atoms with Gasteiger partial charge in [-0.05, 0) is 32.8 Å². The second kappa shape index (κ2) is 5.92. The number of likely N-dealkylation sites (N-methyl/N-ethyl adjacent to an activating group) is 1. The maximum Gasteiger partial charge on any atom is 0.0914 e. The molecule has 2 heteroatoms. The lowest BCUT2D eigenvalue weighted by Crippen LogP contribution is -2.41. The van der Waals surface area contributed by atoms with E-state index in [4.69, 9.17) is 0 Å². The molecule has 1 aliphatic rings. The Kier molecular flexibility index (Phi) is 5.16. The van der Waals surface area contributed by atoms with Crippen LogP contribution in [0.4, 0.5) is 0 Å². The highest BCUT2D eigenvalue weighted by Gasteiger charge is 2.33. The zero-order chi connectivity index (χ0) is 11.3. The number of nitrogens with zero attached hydrogens (tertiary/aromatic N) is 1. The van der Waals surface area contributed by atoms with Crippen LogP contribution in [0.1, 0.15) is 46.0 Å². The lowest BCUT2D eigenvalue weighted by atomic mass is 9.94. The van der Waals surface area contributed by atoms with Gasteiger partial charge in [-0.3, -0.25) is 0 Å². The average Bonchev–Trinajstić information content (AvgIpc) is 2.26. The van der Waals surface area contributed by atoms with Gasteiger partial charge in [-0.25, -0.2) is 0 Å². The molecule has 1 rings (SSSR count). The quantitative estimate of drug-likeness (QED) is 0.320. The van der Waals surface area contributed by atoms with Crippen LogP contribution < -0.4 is 0 Å². The molecule has 15 heavy (non-hydrogen) atoms. The van der Waals surface area contributed by atoms with E-state index in [0.29, 0.717) is 3.55 Å². The molecule has 0 amide bonds. The predicted octanol–water partition coefficient (Wildman–Crippen LogP) is 4.49. The topological polar surface area (TPSA) is 3.24 Å². The van der Waals surface area contributed by atoms with Gasteiger partial charge in [0, 0.05) is 12.7 Å². The van der Waals surface area contributed by atoms with Crippen molar-refractivity contribution in [3.05, 3.63) is 23.9 Å². The number of halogens is 1. The largest absolute Gasteiger partial charge is 0.360 e. The highest BCUT2D eigenvalue weighted by molar-refractivity contribution is 14.1. The SMILES string of the molecule is C/C=C\C(=C/C)N(C)C1(I)CCCCC1. The first-order valence-electron chi connectivity index (χ1n) is 5.86. The maximum atomic E-state index is 2.65. The van der Waals surface area contributed by atoms with Crippen molar-refractivity contribution in [1.29, 1.82) is 0 Å². The third kappa shape index (κ3) is 3.23. The molecule has 0 unspecified atom stereocenters. The third-order valence-corrected chi connectivity index (χ3v) is 5.04. The van der Waals surface area contributed by atoms with Crippen molar-refractivity contribution in [2.45, 2.75) is 49.5 Å². The summed E-state index contributed by atoms with van der Waals surface area (Å²) in [5.41, 5.74) is 1.34. The molecule has 1 fully saturated rings. The molecule has 0 radical (unpaired) electrons. The van der Waals surface area contributed by atoms with E-state index >= 15 is 0 Å². The molecule has 1 aliphatic carbocycles. The summed E-state index contributed by atoms with van der Waals surface area (Å²) in [5, 5.41) is 0. The Bertz CT molecular complexity index is 249. The first-order valence-corrected chi connectivity index (χ1v) is 6.93. The number of alkyl halides is 1. The molecule has 0 aromatic heterocycles. The van der Waals surface area contributed by atoms with Crippen molar-refractivity contribution in [3.63, 3.8) is 0 Å². The molecule has 0 bridgehead atoms. The standard InChI is InChI=1S/C13H22IN/c1-4-9-12(5-2)15(3)13(14)10-7-6-8-11-13/h4-5,9H,6-8,10-11H2,1-3H3/b9-4-,12-5+. The molecule has 0 heterocycles. The summed E-state index contributed by atoms with van der Waals surface area (Å²) in [5.74, 6) is 0. The van der Waals surface area contributed by atoms with Crippen LogP contribution in [0.3, 0.4) is 0 Å². The normalized spacial score (nSPS) is 22.0. The Labute approximate surface area is 108 Å². The van der Waals surface area contributed by atoms with Gasteiger partial charge in [0.15, 0.2) is 0 Å². The Morgan fingerprint density at radius 2 is 1.80 bits per heavy atom. The summed E-state index contributed by atoms with van der Waals surface area (Å²) in [7, 11) is 2.23. The van der Waals surface area contributed by atoms with Crippen molar-refractivity contribution in [3.8, 4) is 0 Å². The van der Waals surface area contributed by atoms with E-state index in [9.17, 15) is 0 Å². The zero-order valence-electron chi connectivity index (χ0n) is 10.1. The van der Waals surface area contributed by atoms with Crippen molar-refractivity contribution < 1.29 is 0 Å². The second-order valence-corrected chi connectivity index (χ2v) is 6.26. The molecule has 0 spiro atoms. The van der Waals surface area contributed by atoms with E-state index in [1.165, 1.54) is 37.8 Å². The van der Waals surface area contributed by atoms with Crippen LogP contribution in [0.2, 0.25) is 0 Å². The predicted molar refractivity (Wildman–Crippen MR) is 76.2 cm³/mol. The van der Waals surface area contributed by atoms with Gasteiger partial charge in [0.2, 0.25) is 0 Å².